The Hall–Kier alpha value is -4.04. The molecule has 5 aromatic rings. The average Bonchev–Trinajstić information content (AvgIpc) is 3.48. The molecule has 40 heavy (non-hydrogen) atoms. The van der Waals surface area contributed by atoms with Crippen molar-refractivity contribution in [2.24, 2.45) is 14.1 Å². The van der Waals surface area contributed by atoms with Gasteiger partial charge in [-0.15, -0.1) is 0 Å². The van der Waals surface area contributed by atoms with E-state index < -0.39 is 33.8 Å². The first kappa shape index (κ1) is 26.2. The molecular formula is C26H24F3N7O3S. The van der Waals surface area contributed by atoms with Crippen LogP contribution in [-0.2, 0) is 24.1 Å². The van der Waals surface area contributed by atoms with Crippen molar-refractivity contribution in [3.8, 4) is 22.4 Å². The second-order valence-corrected chi connectivity index (χ2v) is 11.8. The van der Waals surface area contributed by atoms with Gasteiger partial charge in [0.05, 0.1) is 40.7 Å². The normalized spacial score (nSPS) is 17.2. The summed E-state index contributed by atoms with van der Waals surface area (Å²) in [6.45, 7) is -0.712. The fourth-order valence-electron chi connectivity index (χ4n) is 5.33. The Morgan fingerprint density at radius 3 is 2.42 bits per heavy atom. The molecule has 0 amide bonds. The van der Waals surface area contributed by atoms with Crippen molar-refractivity contribution in [3.05, 3.63) is 65.6 Å². The average molecular weight is 572 g/mol. The Bertz CT molecular complexity index is 1930. The van der Waals surface area contributed by atoms with Crippen LogP contribution in [0.1, 0.15) is 18.9 Å². The van der Waals surface area contributed by atoms with Gasteiger partial charge in [0.25, 0.3) is 0 Å². The SMILES string of the molecule is Cn1cc(-c2ccc(-c3ccc4ncc5c(c4c3)n(C3CCCN(S(=O)(=O)C(F)(F)F)C3)c(=O)n5C)cn2)cn1. The molecule has 5 heterocycles. The molecule has 10 nitrogen and oxygen atoms in total. The predicted octanol–water partition coefficient (Wildman–Crippen LogP) is 3.84. The first-order valence-electron chi connectivity index (χ1n) is 12.5. The highest BCUT2D eigenvalue weighted by Crippen LogP contribution is 2.35. The minimum atomic E-state index is -5.52. The maximum absolute atomic E-state index is 13.4. The van der Waals surface area contributed by atoms with Crippen LogP contribution in [0.15, 0.2) is 59.9 Å². The number of fused-ring (bicyclic) bond motifs is 3. The van der Waals surface area contributed by atoms with E-state index in [2.05, 4.69) is 15.1 Å². The van der Waals surface area contributed by atoms with Crippen LogP contribution < -0.4 is 5.69 Å². The van der Waals surface area contributed by atoms with E-state index in [1.54, 1.807) is 30.3 Å². The summed E-state index contributed by atoms with van der Waals surface area (Å²) in [6, 6.07) is 8.58. The van der Waals surface area contributed by atoms with Gasteiger partial charge >= 0.3 is 21.2 Å². The Kier molecular flexibility index (Phi) is 6.07. The van der Waals surface area contributed by atoms with E-state index in [1.807, 2.05) is 43.6 Å². The summed E-state index contributed by atoms with van der Waals surface area (Å²) < 4.78 is 69.1. The fraction of sp³-hybridized carbons (Fsp3) is 0.308. The van der Waals surface area contributed by atoms with Gasteiger partial charge in [0.2, 0.25) is 0 Å². The van der Waals surface area contributed by atoms with E-state index in [-0.39, 0.29) is 13.0 Å². The number of aryl methyl sites for hydroxylation is 2. The Balaban J connectivity index is 1.46. The van der Waals surface area contributed by atoms with Crippen molar-refractivity contribution in [3.63, 3.8) is 0 Å². The molecule has 1 aromatic carbocycles. The van der Waals surface area contributed by atoms with Crippen LogP contribution in [0, 0.1) is 0 Å². The molecule has 208 valence electrons. The molecule has 1 fully saturated rings. The minimum absolute atomic E-state index is 0.187. The number of pyridine rings is 2. The maximum atomic E-state index is 13.4. The van der Waals surface area contributed by atoms with E-state index in [9.17, 15) is 26.4 Å². The second-order valence-electron chi connectivity index (χ2n) is 9.88. The summed E-state index contributed by atoms with van der Waals surface area (Å²) in [5, 5.41) is 4.80. The minimum Gasteiger partial charge on any atom is -0.293 e. The molecular weight excluding hydrogens is 547 g/mol. The van der Waals surface area contributed by atoms with Gasteiger partial charge < -0.3 is 0 Å². The van der Waals surface area contributed by atoms with E-state index in [4.69, 9.17) is 0 Å². The second kappa shape index (κ2) is 9.27. The molecule has 4 aromatic heterocycles. The lowest BCUT2D eigenvalue weighted by Gasteiger charge is -2.32. The highest BCUT2D eigenvalue weighted by molar-refractivity contribution is 7.90. The molecule has 0 aliphatic carbocycles. The van der Waals surface area contributed by atoms with Crippen molar-refractivity contribution in [1.29, 1.82) is 0 Å². The van der Waals surface area contributed by atoms with Crippen LogP contribution in [-0.4, -0.2) is 60.2 Å². The molecule has 1 saturated heterocycles. The van der Waals surface area contributed by atoms with Gasteiger partial charge in [-0.05, 0) is 36.6 Å². The topological polar surface area (TPSA) is 108 Å². The standard InChI is InChI=1S/C26H24F3N7O3S/c1-33-14-18(12-32-33)21-7-6-17(11-30-21)16-5-8-22-20(10-16)24-23(13-31-22)34(2)25(37)36(24)19-4-3-9-35(15-19)40(38,39)26(27,28)29/h5-8,10-14,19H,3-4,9,15H2,1-2H3. The predicted molar refractivity (Wildman–Crippen MR) is 143 cm³/mol. The summed E-state index contributed by atoms with van der Waals surface area (Å²) in [6.07, 6.45) is 7.41. The summed E-state index contributed by atoms with van der Waals surface area (Å²) in [5.74, 6) is 0. The molecule has 1 aliphatic heterocycles. The highest BCUT2D eigenvalue weighted by Gasteiger charge is 2.51. The number of benzene rings is 1. The van der Waals surface area contributed by atoms with E-state index in [1.165, 1.54) is 9.13 Å². The number of halogens is 3. The van der Waals surface area contributed by atoms with Crippen molar-refractivity contribution < 1.29 is 21.6 Å². The van der Waals surface area contributed by atoms with Crippen LogP contribution in [0.2, 0.25) is 0 Å². The molecule has 0 spiro atoms. The first-order chi connectivity index (χ1) is 19.0. The molecule has 6 rings (SSSR count). The highest BCUT2D eigenvalue weighted by atomic mass is 32.2. The number of sulfonamides is 1. The molecule has 1 unspecified atom stereocenters. The zero-order valence-corrected chi connectivity index (χ0v) is 22.3. The number of hydrogen-bond acceptors (Lipinski definition) is 6. The smallest absolute Gasteiger partial charge is 0.293 e. The van der Waals surface area contributed by atoms with Crippen LogP contribution in [0.5, 0.6) is 0 Å². The monoisotopic (exact) mass is 571 g/mol. The van der Waals surface area contributed by atoms with Crippen molar-refractivity contribution in [1.82, 2.24) is 33.2 Å². The van der Waals surface area contributed by atoms with Gasteiger partial charge in [-0.2, -0.15) is 22.6 Å². The van der Waals surface area contributed by atoms with Gasteiger partial charge in [-0.25, -0.2) is 13.2 Å². The van der Waals surface area contributed by atoms with Gasteiger partial charge in [0.15, 0.2) is 0 Å². The lowest BCUT2D eigenvalue weighted by atomic mass is 10.0. The number of rotatable bonds is 4. The van der Waals surface area contributed by atoms with Crippen LogP contribution in [0.3, 0.4) is 0 Å². The van der Waals surface area contributed by atoms with E-state index >= 15 is 0 Å². The molecule has 14 heteroatoms. The van der Waals surface area contributed by atoms with E-state index in [0.29, 0.717) is 32.7 Å². The van der Waals surface area contributed by atoms with Crippen molar-refractivity contribution in [2.75, 3.05) is 13.1 Å². The van der Waals surface area contributed by atoms with Gasteiger partial charge in [-0.1, -0.05) is 12.1 Å². The van der Waals surface area contributed by atoms with E-state index in [0.717, 1.165) is 22.4 Å². The fourth-order valence-corrected chi connectivity index (χ4v) is 6.36. The number of nitrogens with zero attached hydrogens (tertiary/aromatic N) is 7. The lowest BCUT2D eigenvalue weighted by molar-refractivity contribution is -0.0497. The summed E-state index contributed by atoms with van der Waals surface area (Å²) in [5.41, 5.74) is -1.03. The number of piperidine rings is 1. The van der Waals surface area contributed by atoms with Crippen LogP contribution >= 0.6 is 0 Å². The molecule has 0 bridgehead atoms. The zero-order valence-electron chi connectivity index (χ0n) is 21.5. The quantitative estimate of drug-likeness (QED) is 0.325. The lowest BCUT2D eigenvalue weighted by Crippen LogP contribution is -2.47. The molecule has 0 radical (unpaired) electrons. The molecule has 0 saturated carbocycles. The number of aromatic nitrogens is 6. The summed E-state index contributed by atoms with van der Waals surface area (Å²) in [4.78, 5) is 22.5. The third-order valence-corrected chi connectivity index (χ3v) is 8.97. The Morgan fingerprint density at radius 2 is 1.75 bits per heavy atom. The zero-order chi connectivity index (χ0) is 28.4. The molecule has 1 aliphatic rings. The van der Waals surface area contributed by atoms with Crippen LogP contribution in [0.25, 0.3) is 44.3 Å². The number of hydrogen-bond donors (Lipinski definition) is 0. The maximum Gasteiger partial charge on any atom is 0.511 e. The largest absolute Gasteiger partial charge is 0.511 e. The molecule has 1 atom stereocenters. The van der Waals surface area contributed by atoms with Gasteiger partial charge in [-0.3, -0.25) is 23.8 Å². The summed E-state index contributed by atoms with van der Waals surface area (Å²) >= 11 is 0. The number of alkyl halides is 3. The third kappa shape index (κ3) is 4.18. The Morgan fingerprint density at radius 1 is 0.975 bits per heavy atom. The summed E-state index contributed by atoms with van der Waals surface area (Å²) in [7, 11) is -2.13. The van der Waals surface area contributed by atoms with Gasteiger partial charge in [0, 0.05) is 56.1 Å². The van der Waals surface area contributed by atoms with Gasteiger partial charge in [0.1, 0.15) is 0 Å². The number of imidazole rings is 1. The third-order valence-electron chi connectivity index (χ3n) is 7.37. The first-order valence-corrected chi connectivity index (χ1v) is 13.9. The van der Waals surface area contributed by atoms with Crippen molar-refractivity contribution >= 4 is 32.0 Å². The molecule has 0 N–H and O–H groups in total. The van der Waals surface area contributed by atoms with Crippen LogP contribution in [0.4, 0.5) is 13.2 Å². The Labute approximate surface area is 226 Å². The van der Waals surface area contributed by atoms with Crippen molar-refractivity contribution in [2.45, 2.75) is 24.4 Å².